The predicted molar refractivity (Wildman–Crippen MR) is 90.7 cm³/mol. The van der Waals surface area contributed by atoms with Crippen molar-refractivity contribution in [3.8, 4) is 0 Å². The molecule has 0 aliphatic carbocycles. The highest BCUT2D eigenvalue weighted by molar-refractivity contribution is 5.86. The number of rotatable bonds is 8. The van der Waals surface area contributed by atoms with Crippen LogP contribution in [-0.2, 0) is 0 Å². The maximum Gasteiger partial charge on any atom is 0.395 e. The Labute approximate surface area is 136 Å². The smallest absolute Gasteiger partial charge is 0.170 e. The molecular weight excluding hydrogens is 297 g/mol. The minimum absolute atomic E-state index is 0.184. The third kappa shape index (κ3) is 4.98. The van der Waals surface area contributed by atoms with Crippen molar-refractivity contribution in [3.63, 3.8) is 0 Å². The molecule has 0 heterocycles. The van der Waals surface area contributed by atoms with Crippen LogP contribution in [0.2, 0.25) is 0 Å². The number of hydrogen-bond donors (Lipinski definition) is 0. The van der Waals surface area contributed by atoms with E-state index in [1.807, 2.05) is 24.3 Å². The molecule has 2 aromatic carbocycles. The molecule has 1 atom stereocenters. The topological polar surface area (TPSA) is 0 Å². The standard InChI is InChI=1S/C20H25F3/c1-2-3-4-5-6-7-15-19(20(21,22)23)18-14-10-12-16-11-8-9-13-17(16)18/h8-14,19H,2-7,15H2,1H3. The van der Waals surface area contributed by atoms with E-state index in [0.29, 0.717) is 12.0 Å². The summed E-state index contributed by atoms with van der Waals surface area (Å²) in [5.41, 5.74) is 0.421. The third-order valence-electron chi connectivity index (χ3n) is 4.44. The number of halogens is 3. The van der Waals surface area contributed by atoms with Crippen molar-refractivity contribution in [2.45, 2.75) is 64.0 Å². The lowest BCUT2D eigenvalue weighted by molar-refractivity contribution is -0.151. The van der Waals surface area contributed by atoms with Crippen LogP contribution in [0.25, 0.3) is 10.8 Å². The second kappa shape index (κ2) is 8.37. The van der Waals surface area contributed by atoms with Crippen molar-refractivity contribution in [2.24, 2.45) is 0 Å². The van der Waals surface area contributed by atoms with Crippen LogP contribution in [0.3, 0.4) is 0 Å². The highest BCUT2D eigenvalue weighted by atomic mass is 19.4. The monoisotopic (exact) mass is 322 g/mol. The Morgan fingerprint density at radius 2 is 1.48 bits per heavy atom. The van der Waals surface area contributed by atoms with Crippen molar-refractivity contribution in [1.29, 1.82) is 0 Å². The normalized spacial score (nSPS) is 13.4. The van der Waals surface area contributed by atoms with Gasteiger partial charge in [0.05, 0.1) is 5.92 Å². The Balaban J connectivity index is 2.12. The molecule has 0 radical (unpaired) electrons. The Kier molecular flexibility index (Phi) is 6.49. The van der Waals surface area contributed by atoms with Gasteiger partial charge in [-0.25, -0.2) is 0 Å². The summed E-state index contributed by atoms with van der Waals surface area (Å²) in [5, 5.41) is 1.60. The van der Waals surface area contributed by atoms with Crippen LogP contribution >= 0.6 is 0 Å². The second-order valence-corrected chi connectivity index (χ2v) is 6.22. The molecule has 0 bridgehead atoms. The molecule has 0 saturated heterocycles. The van der Waals surface area contributed by atoms with Crippen molar-refractivity contribution in [1.82, 2.24) is 0 Å². The van der Waals surface area contributed by atoms with Crippen molar-refractivity contribution < 1.29 is 13.2 Å². The van der Waals surface area contributed by atoms with E-state index in [9.17, 15) is 13.2 Å². The minimum atomic E-state index is -4.19. The molecule has 0 saturated carbocycles. The van der Waals surface area contributed by atoms with Gasteiger partial charge in [-0.05, 0) is 22.8 Å². The summed E-state index contributed by atoms with van der Waals surface area (Å²) in [6.45, 7) is 2.14. The van der Waals surface area contributed by atoms with E-state index in [2.05, 4.69) is 6.92 Å². The maximum atomic E-state index is 13.6. The number of alkyl halides is 3. The average Bonchev–Trinajstić information content (AvgIpc) is 2.53. The molecule has 23 heavy (non-hydrogen) atoms. The Morgan fingerprint density at radius 3 is 2.22 bits per heavy atom. The largest absolute Gasteiger partial charge is 0.395 e. The highest BCUT2D eigenvalue weighted by Gasteiger charge is 2.40. The van der Waals surface area contributed by atoms with Crippen LogP contribution < -0.4 is 0 Å². The van der Waals surface area contributed by atoms with Crippen LogP contribution in [0.4, 0.5) is 13.2 Å². The molecule has 3 heteroatoms. The van der Waals surface area contributed by atoms with E-state index in [1.54, 1.807) is 18.2 Å². The Morgan fingerprint density at radius 1 is 0.826 bits per heavy atom. The summed E-state index contributed by atoms with van der Waals surface area (Å²) in [7, 11) is 0. The van der Waals surface area contributed by atoms with Gasteiger partial charge in [0.2, 0.25) is 0 Å². The third-order valence-corrected chi connectivity index (χ3v) is 4.44. The maximum absolute atomic E-state index is 13.6. The number of fused-ring (bicyclic) bond motifs is 1. The molecule has 0 N–H and O–H groups in total. The summed E-state index contributed by atoms with van der Waals surface area (Å²) >= 11 is 0. The van der Waals surface area contributed by atoms with Gasteiger partial charge in [-0.3, -0.25) is 0 Å². The lowest BCUT2D eigenvalue weighted by Crippen LogP contribution is -2.21. The molecule has 0 nitrogen and oxygen atoms in total. The first-order chi connectivity index (χ1) is 11.0. The predicted octanol–water partition coefficient (Wildman–Crippen LogP) is 7.24. The van der Waals surface area contributed by atoms with Gasteiger partial charge in [-0.1, -0.05) is 87.9 Å². The van der Waals surface area contributed by atoms with Crippen molar-refractivity contribution >= 4 is 10.8 Å². The SMILES string of the molecule is CCCCCCCCC(c1cccc2ccccc12)C(F)(F)F. The van der Waals surface area contributed by atoms with Crippen LogP contribution in [-0.4, -0.2) is 6.18 Å². The van der Waals surface area contributed by atoms with Crippen molar-refractivity contribution in [3.05, 3.63) is 48.0 Å². The zero-order valence-corrected chi connectivity index (χ0v) is 13.7. The molecule has 1 unspecified atom stereocenters. The quantitative estimate of drug-likeness (QED) is 0.449. The van der Waals surface area contributed by atoms with E-state index in [1.165, 1.54) is 6.42 Å². The van der Waals surface area contributed by atoms with Crippen LogP contribution in [0, 0.1) is 0 Å². The molecule has 2 aromatic rings. The molecule has 2 rings (SSSR count). The molecule has 0 fully saturated rings. The van der Waals surface area contributed by atoms with Gasteiger partial charge in [-0.15, -0.1) is 0 Å². The molecule has 0 aliphatic rings. The molecular formula is C20H25F3. The van der Waals surface area contributed by atoms with Gasteiger partial charge < -0.3 is 0 Å². The molecule has 0 aromatic heterocycles. The fourth-order valence-electron chi connectivity index (χ4n) is 3.18. The lowest BCUT2D eigenvalue weighted by atomic mass is 9.88. The minimum Gasteiger partial charge on any atom is -0.170 e. The summed E-state index contributed by atoms with van der Waals surface area (Å²) in [4.78, 5) is 0. The van der Waals surface area contributed by atoms with Crippen LogP contribution in [0.1, 0.15) is 63.4 Å². The summed E-state index contributed by atoms with van der Waals surface area (Å²) in [6.07, 6.45) is 2.01. The molecule has 0 amide bonds. The van der Waals surface area contributed by atoms with Gasteiger partial charge in [-0.2, -0.15) is 13.2 Å². The number of benzene rings is 2. The fraction of sp³-hybridized carbons (Fsp3) is 0.500. The van der Waals surface area contributed by atoms with E-state index < -0.39 is 12.1 Å². The van der Waals surface area contributed by atoms with Gasteiger partial charge in [0, 0.05) is 0 Å². The Bertz CT molecular complexity index is 596. The number of hydrogen-bond acceptors (Lipinski definition) is 0. The molecule has 0 aliphatic heterocycles. The zero-order chi connectivity index (χ0) is 16.7. The summed E-state index contributed by atoms with van der Waals surface area (Å²) < 4.78 is 40.7. The van der Waals surface area contributed by atoms with E-state index in [4.69, 9.17) is 0 Å². The average molecular weight is 322 g/mol. The zero-order valence-electron chi connectivity index (χ0n) is 13.7. The summed E-state index contributed by atoms with van der Waals surface area (Å²) in [5.74, 6) is -1.36. The summed E-state index contributed by atoms with van der Waals surface area (Å²) in [6, 6.07) is 12.6. The second-order valence-electron chi connectivity index (χ2n) is 6.22. The van der Waals surface area contributed by atoms with Gasteiger partial charge in [0.25, 0.3) is 0 Å². The van der Waals surface area contributed by atoms with Gasteiger partial charge in [0.15, 0.2) is 0 Å². The Hall–Kier alpha value is -1.51. The van der Waals surface area contributed by atoms with Crippen LogP contribution in [0.15, 0.2) is 42.5 Å². The highest BCUT2D eigenvalue weighted by Crippen LogP contribution is 2.41. The van der Waals surface area contributed by atoms with Crippen molar-refractivity contribution in [2.75, 3.05) is 0 Å². The van der Waals surface area contributed by atoms with E-state index in [-0.39, 0.29) is 6.42 Å². The molecule has 0 spiro atoms. The van der Waals surface area contributed by atoms with Crippen LogP contribution in [0.5, 0.6) is 0 Å². The first kappa shape index (κ1) is 17.8. The first-order valence-electron chi connectivity index (χ1n) is 8.58. The number of unbranched alkanes of at least 4 members (excludes halogenated alkanes) is 5. The fourth-order valence-corrected chi connectivity index (χ4v) is 3.18. The van der Waals surface area contributed by atoms with E-state index >= 15 is 0 Å². The lowest BCUT2D eigenvalue weighted by Gasteiger charge is -2.22. The van der Waals surface area contributed by atoms with E-state index in [0.717, 1.165) is 36.5 Å². The molecule has 126 valence electrons. The first-order valence-corrected chi connectivity index (χ1v) is 8.58. The van der Waals surface area contributed by atoms with Gasteiger partial charge >= 0.3 is 6.18 Å². The van der Waals surface area contributed by atoms with Gasteiger partial charge in [0.1, 0.15) is 0 Å².